The number of hydrogen-bond acceptors (Lipinski definition) is 3. The maximum atomic E-state index is 12.3. The summed E-state index contributed by atoms with van der Waals surface area (Å²) in [5.74, 6) is 0.0151. The monoisotopic (exact) mass is 285 g/mol. The highest BCUT2D eigenvalue weighted by Crippen LogP contribution is 2.37. The minimum atomic E-state index is -0.0785. The van der Waals surface area contributed by atoms with E-state index in [1.54, 1.807) is 17.8 Å². The first kappa shape index (κ1) is 13.2. The van der Waals surface area contributed by atoms with Crippen LogP contribution in [-0.2, 0) is 17.8 Å². The maximum absolute atomic E-state index is 12.3. The van der Waals surface area contributed by atoms with Gasteiger partial charge >= 0.3 is 0 Å². The molecule has 2 aromatic carbocycles. The molecule has 1 amide bonds. The van der Waals surface area contributed by atoms with Crippen LogP contribution in [0.3, 0.4) is 0 Å². The molecule has 1 atom stereocenters. The van der Waals surface area contributed by atoms with E-state index in [0.29, 0.717) is 0 Å². The van der Waals surface area contributed by atoms with Crippen LogP contribution in [0.2, 0.25) is 0 Å². The third-order valence-electron chi connectivity index (χ3n) is 3.32. The molecule has 1 unspecified atom stereocenters. The summed E-state index contributed by atoms with van der Waals surface area (Å²) in [4.78, 5) is 13.5. The topological polar surface area (TPSA) is 49.3 Å². The van der Waals surface area contributed by atoms with E-state index in [4.69, 9.17) is 5.11 Å². The zero-order chi connectivity index (χ0) is 13.9. The van der Waals surface area contributed by atoms with Crippen molar-refractivity contribution < 1.29 is 9.90 Å². The van der Waals surface area contributed by atoms with Crippen molar-refractivity contribution in [1.82, 2.24) is 0 Å². The van der Waals surface area contributed by atoms with Gasteiger partial charge in [0.15, 0.2) is 0 Å². The number of aliphatic hydroxyl groups is 1. The quantitative estimate of drug-likeness (QED) is 0.911. The molecule has 0 radical (unpaired) electrons. The molecule has 0 bridgehead atoms. The standard InChI is InChI=1S/C16H15NO2S/c18-10-11-4-3-6-13(8-11)17-16(19)15-9-12-5-1-2-7-14(12)20-15/h1-8,15,18H,9-10H2,(H,17,19). The van der Waals surface area contributed by atoms with Gasteiger partial charge in [0.25, 0.3) is 0 Å². The van der Waals surface area contributed by atoms with Crippen LogP contribution in [0.4, 0.5) is 5.69 Å². The summed E-state index contributed by atoms with van der Waals surface area (Å²) in [6.07, 6.45) is 0.770. The molecule has 3 nitrogen and oxygen atoms in total. The van der Waals surface area contributed by atoms with Crippen LogP contribution in [0, 0.1) is 0 Å². The molecule has 102 valence electrons. The number of carbonyl (C=O) groups excluding carboxylic acids is 1. The summed E-state index contributed by atoms with van der Waals surface area (Å²) in [5.41, 5.74) is 2.77. The lowest BCUT2D eigenvalue weighted by Crippen LogP contribution is -2.24. The average Bonchev–Trinajstić information content (AvgIpc) is 2.91. The predicted octanol–water partition coefficient (Wildman–Crippen LogP) is 2.83. The smallest absolute Gasteiger partial charge is 0.238 e. The van der Waals surface area contributed by atoms with Crippen molar-refractivity contribution in [2.75, 3.05) is 5.32 Å². The van der Waals surface area contributed by atoms with Crippen LogP contribution in [-0.4, -0.2) is 16.3 Å². The van der Waals surface area contributed by atoms with Gasteiger partial charge in [0.05, 0.1) is 11.9 Å². The van der Waals surface area contributed by atoms with E-state index in [0.717, 1.165) is 17.7 Å². The summed E-state index contributed by atoms with van der Waals surface area (Å²) in [7, 11) is 0. The van der Waals surface area contributed by atoms with Gasteiger partial charge in [0, 0.05) is 10.6 Å². The highest BCUT2D eigenvalue weighted by atomic mass is 32.2. The Labute approximate surface area is 122 Å². The zero-order valence-corrected chi connectivity index (χ0v) is 11.7. The molecule has 20 heavy (non-hydrogen) atoms. The molecule has 0 spiro atoms. The molecule has 0 aliphatic carbocycles. The fourth-order valence-electron chi connectivity index (χ4n) is 2.30. The van der Waals surface area contributed by atoms with Gasteiger partial charge in [-0.15, -0.1) is 11.8 Å². The van der Waals surface area contributed by atoms with Gasteiger partial charge in [-0.3, -0.25) is 4.79 Å². The number of carbonyl (C=O) groups is 1. The number of thioether (sulfide) groups is 1. The zero-order valence-electron chi connectivity index (χ0n) is 10.9. The summed E-state index contributed by atoms with van der Waals surface area (Å²) in [6.45, 7) is -0.0205. The van der Waals surface area contributed by atoms with Gasteiger partial charge in [-0.1, -0.05) is 30.3 Å². The van der Waals surface area contributed by atoms with Crippen LogP contribution in [0.1, 0.15) is 11.1 Å². The molecule has 1 heterocycles. The Morgan fingerprint density at radius 3 is 2.90 bits per heavy atom. The number of benzene rings is 2. The van der Waals surface area contributed by atoms with Crippen molar-refractivity contribution in [3.63, 3.8) is 0 Å². The van der Waals surface area contributed by atoms with Crippen molar-refractivity contribution in [2.45, 2.75) is 23.2 Å². The van der Waals surface area contributed by atoms with Gasteiger partial charge in [0.2, 0.25) is 5.91 Å². The lowest BCUT2D eigenvalue weighted by molar-refractivity contribution is -0.115. The second kappa shape index (κ2) is 5.69. The van der Waals surface area contributed by atoms with Crippen LogP contribution in [0.15, 0.2) is 53.4 Å². The molecular formula is C16H15NO2S. The Morgan fingerprint density at radius 2 is 2.10 bits per heavy atom. The summed E-state index contributed by atoms with van der Waals surface area (Å²) in [5, 5.41) is 12.0. The summed E-state index contributed by atoms with van der Waals surface area (Å²) >= 11 is 1.61. The first-order chi connectivity index (χ1) is 9.76. The summed E-state index contributed by atoms with van der Waals surface area (Å²) < 4.78 is 0. The predicted molar refractivity (Wildman–Crippen MR) is 80.8 cm³/mol. The molecule has 0 saturated carbocycles. The Bertz CT molecular complexity index is 617. The molecule has 0 saturated heterocycles. The lowest BCUT2D eigenvalue weighted by Gasteiger charge is -2.10. The van der Waals surface area contributed by atoms with Crippen molar-refractivity contribution >= 4 is 23.4 Å². The Balaban J connectivity index is 1.69. The lowest BCUT2D eigenvalue weighted by atomic mass is 10.1. The molecule has 2 aromatic rings. The highest BCUT2D eigenvalue weighted by molar-refractivity contribution is 8.01. The normalized spacial score (nSPS) is 16.8. The molecule has 4 heteroatoms. The van der Waals surface area contributed by atoms with Crippen molar-refractivity contribution in [3.05, 3.63) is 59.7 Å². The molecule has 0 aromatic heterocycles. The maximum Gasteiger partial charge on any atom is 0.238 e. The van der Waals surface area contributed by atoms with Gasteiger partial charge in [0.1, 0.15) is 0 Å². The second-order valence-electron chi connectivity index (χ2n) is 4.77. The number of amides is 1. The Morgan fingerprint density at radius 1 is 1.25 bits per heavy atom. The van der Waals surface area contributed by atoms with Gasteiger partial charge in [-0.05, 0) is 35.7 Å². The number of nitrogens with one attached hydrogen (secondary N) is 1. The van der Waals surface area contributed by atoms with E-state index in [2.05, 4.69) is 17.4 Å². The van der Waals surface area contributed by atoms with E-state index in [1.807, 2.05) is 30.3 Å². The minimum absolute atomic E-state index is 0.0151. The number of fused-ring (bicyclic) bond motifs is 1. The Kier molecular flexibility index (Phi) is 3.76. The first-order valence-electron chi connectivity index (χ1n) is 6.51. The van der Waals surface area contributed by atoms with Crippen LogP contribution in [0.5, 0.6) is 0 Å². The van der Waals surface area contributed by atoms with E-state index < -0.39 is 0 Å². The van der Waals surface area contributed by atoms with E-state index >= 15 is 0 Å². The van der Waals surface area contributed by atoms with Crippen molar-refractivity contribution in [2.24, 2.45) is 0 Å². The molecule has 0 fully saturated rings. The third-order valence-corrected chi connectivity index (χ3v) is 4.63. The van der Waals surface area contributed by atoms with Crippen LogP contribution < -0.4 is 5.32 Å². The van der Waals surface area contributed by atoms with Gasteiger partial charge in [-0.2, -0.15) is 0 Å². The fraction of sp³-hybridized carbons (Fsp3) is 0.188. The molecule has 2 N–H and O–H groups in total. The number of rotatable bonds is 3. The third kappa shape index (κ3) is 2.71. The number of hydrogen-bond donors (Lipinski definition) is 2. The highest BCUT2D eigenvalue weighted by Gasteiger charge is 2.27. The van der Waals surface area contributed by atoms with Gasteiger partial charge < -0.3 is 10.4 Å². The average molecular weight is 285 g/mol. The minimum Gasteiger partial charge on any atom is -0.392 e. The SMILES string of the molecule is O=C(Nc1cccc(CO)c1)C1Cc2ccccc2S1. The van der Waals surface area contributed by atoms with Crippen LogP contribution in [0.25, 0.3) is 0 Å². The largest absolute Gasteiger partial charge is 0.392 e. The summed E-state index contributed by atoms with van der Waals surface area (Å²) in [6, 6.07) is 15.4. The molecule has 1 aliphatic heterocycles. The second-order valence-corrected chi connectivity index (χ2v) is 6.01. The molecular weight excluding hydrogens is 270 g/mol. The molecule has 1 aliphatic rings. The van der Waals surface area contributed by atoms with E-state index in [1.165, 1.54) is 10.5 Å². The molecule has 3 rings (SSSR count). The van der Waals surface area contributed by atoms with E-state index in [-0.39, 0.29) is 17.8 Å². The first-order valence-corrected chi connectivity index (χ1v) is 7.39. The van der Waals surface area contributed by atoms with Crippen LogP contribution >= 0.6 is 11.8 Å². The number of aliphatic hydroxyl groups excluding tert-OH is 1. The Hall–Kier alpha value is -1.78. The van der Waals surface area contributed by atoms with E-state index in [9.17, 15) is 4.79 Å². The van der Waals surface area contributed by atoms with Crippen molar-refractivity contribution in [3.8, 4) is 0 Å². The van der Waals surface area contributed by atoms with Crippen molar-refractivity contribution in [1.29, 1.82) is 0 Å². The van der Waals surface area contributed by atoms with Gasteiger partial charge in [-0.25, -0.2) is 0 Å². The number of anilines is 1. The fourth-order valence-corrected chi connectivity index (χ4v) is 3.49.